The second kappa shape index (κ2) is 6.33. The van der Waals surface area contributed by atoms with Crippen molar-refractivity contribution in [3.8, 4) is 0 Å². The molecule has 0 bridgehead atoms. The highest BCUT2D eigenvalue weighted by molar-refractivity contribution is 7.89. The molecule has 0 radical (unpaired) electrons. The molecule has 18 heavy (non-hydrogen) atoms. The summed E-state index contributed by atoms with van der Waals surface area (Å²) in [7, 11) is -3.41. The number of rotatable bonds is 6. The van der Waals surface area contributed by atoms with Crippen molar-refractivity contribution in [2.75, 3.05) is 17.6 Å². The van der Waals surface area contributed by atoms with Gasteiger partial charge in [-0.15, -0.1) is 0 Å². The number of benzene rings is 1. The highest BCUT2D eigenvalue weighted by Crippen LogP contribution is 2.22. The zero-order valence-electron chi connectivity index (χ0n) is 9.52. The van der Waals surface area contributed by atoms with Gasteiger partial charge in [-0.05, 0) is 24.6 Å². The second-order valence-electron chi connectivity index (χ2n) is 3.71. The predicted octanol–water partition coefficient (Wildman–Crippen LogP) is 1.06. The Morgan fingerprint density at radius 3 is 2.61 bits per heavy atom. The number of thiocarbonyl (C=S) groups is 1. The monoisotopic (exact) mass is 307 g/mol. The molecule has 0 aliphatic heterocycles. The van der Waals surface area contributed by atoms with Crippen molar-refractivity contribution in [1.82, 2.24) is 0 Å². The van der Waals surface area contributed by atoms with E-state index in [4.69, 9.17) is 34.7 Å². The summed E-state index contributed by atoms with van der Waals surface area (Å²) in [5.41, 5.74) is 6.86. The van der Waals surface area contributed by atoms with Crippen molar-refractivity contribution >= 4 is 44.5 Å². The van der Waals surface area contributed by atoms with E-state index in [1.165, 1.54) is 0 Å². The number of sulfonamides is 1. The van der Waals surface area contributed by atoms with Crippen LogP contribution < -0.4 is 16.2 Å². The van der Waals surface area contributed by atoms with Crippen molar-refractivity contribution < 1.29 is 8.42 Å². The van der Waals surface area contributed by atoms with Crippen molar-refractivity contribution in [3.05, 3.63) is 28.8 Å². The minimum atomic E-state index is -3.41. The lowest BCUT2D eigenvalue weighted by Crippen LogP contribution is -2.18. The van der Waals surface area contributed by atoms with E-state index >= 15 is 0 Å². The Hall–Kier alpha value is -0.890. The van der Waals surface area contributed by atoms with Gasteiger partial charge in [0.15, 0.2) is 0 Å². The first-order chi connectivity index (χ1) is 8.29. The molecule has 0 atom stereocenters. The Kier molecular flexibility index (Phi) is 5.33. The fourth-order valence-corrected chi connectivity index (χ4v) is 2.23. The number of hydrogen-bond donors (Lipinski definition) is 3. The summed E-state index contributed by atoms with van der Waals surface area (Å²) in [4.78, 5) is 0.276. The van der Waals surface area contributed by atoms with E-state index in [0.29, 0.717) is 29.2 Å². The molecule has 5 N–H and O–H groups in total. The highest BCUT2D eigenvalue weighted by Gasteiger charge is 2.05. The third-order valence-electron chi connectivity index (χ3n) is 2.17. The molecule has 1 rings (SSSR count). The molecule has 0 amide bonds. The van der Waals surface area contributed by atoms with Crippen LogP contribution in [0.1, 0.15) is 12.0 Å². The average Bonchev–Trinajstić information content (AvgIpc) is 2.24. The number of primary sulfonamides is 1. The fourth-order valence-electron chi connectivity index (χ4n) is 1.31. The van der Waals surface area contributed by atoms with Crippen LogP contribution in [0.25, 0.3) is 0 Å². The molecule has 8 heteroatoms. The average molecular weight is 308 g/mol. The number of hydrogen-bond acceptors (Lipinski definition) is 4. The van der Waals surface area contributed by atoms with E-state index in [1.54, 1.807) is 18.2 Å². The Balaban J connectivity index is 2.56. The normalized spacial score (nSPS) is 11.2. The van der Waals surface area contributed by atoms with E-state index < -0.39 is 10.0 Å². The summed E-state index contributed by atoms with van der Waals surface area (Å²) < 4.78 is 21.4. The van der Waals surface area contributed by atoms with Crippen LogP contribution in [0.15, 0.2) is 18.2 Å². The molecule has 0 saturated carbocycles. The van der Waals surface area contributed by atoms with E-state index in [0.717, 1.165) is 0 Å². The summed E-state index contributed by atoms with van der Waals surface area (Å²) in [5.74, 6) is -0.0669. The van der Waals surface area contributed by atoms with Crippen molar-refractivity contribution in [3.63, 3.8) is 0 Å². The summed E-state index contributed by atoms with van der Waals surface area (Å²) in [5, 5.41) is 8.39. The number of anilines is 1. The first kappa shape index (κ1) is 15.2. The Labute approximate surface area is 117 Å². The summed E-state index contributed by atoms with van der Waals surface area (Å²) in [6.45, 7) is 0.461. The van der Waals surface area contributed by atoms with Crippen LogP contribution in [0.3, 0.4) is 0 Å². The molecule has 0 spiro atoms. The van der Waals surface area contributed by atoms with Crippen LogP contribution in [-0.2, 0) is 10.0 Å². The molecule has 0 aliphatic rings. The molecule has 0 fully saturated rings. The lowest BCUT2D eigenvalue weighted by molar-refractivity contribution is 0.596. The molecule has 1 aromatic rings. The van der Waals surface area contributed by atoms with Gasteiger partial charge in [-0.25, -0.2) is 13.6 Å². The molecule has 1 aromatic carbocycles. The molecule has 5 nitrogen and oxygen atoms in total. The Morgan fingerprint density at radius 1 is 1.44 bits per heavy atom. The first-order valence-corrected chi connectivity index (χ1v) is 7.63. The standard InChI is InChI=1S/C10H14ClN3O2S2/c11-8-6-7(10(12)17)2-3-9(8)14-4-1-5-18(13,15)16/h2-3,6,14H,1,4-5H2,(H2,12,17)(H2,13,15,16). The van der Waals surface area contributed by atoms with Gasteiger partial charge in [0, 0.05) is 12.1 Å². The Bertz CT molecular complexity index is 546. The van der Waals surface area contributed by atoms with Gasteiger partial charge in [0.1, 0.15) is 4.99 Å². The predicted molar refractivity (Wildman–Crippen MR) is 78.4 cm³/mol. The van der Waals surface area contributed by atoms with Gasteiger partial charge in [-0.3, -0.25) is 0 Å². The molecule has 0 aliphatic carbocycles. The summed E-state index contributed by atoms with van der Waals surface area (Å²) in [6.07, 6.45) is 0.409. The minimum absolute atomic E-state index is 0.0669. The van der Waals surface area contributed by atoms with E-state index in [1.807, 2.05) is 0 Å². The maximum atomic E-state index is 10.7. The van der Waals surface area contributed by atoms with Gasteiger partial charge in [0.25, 0.3) is 0 Å². The number of halogens is 1. The fraction of sp³-hybridized carbons (Fsp3) is 0.300. The van der Waals surface area contributed by atoms with Gasteiger partial charge in [-0.2, -0.15) is 0 Å². The second-order valence-corrected chi connectivity index (χ2v) is 6.29. The van der Waals surface area contributed by atoms with Crippen LogP contribution >= 0.6 is 23.8 Å². The van der Waals surface area contributed by atoms with Gasteiger partial charge in [0.2, 0.25) is 10.0 Å². The quantitative estimate of drug-likeness (QED) is 0.539. The highest BCUT2D eigenvalue weighted by atomic mass is 35.5. The van der Waals surface area contributed by atoms with Crippen molar-refractivity contribution in [2.24, 2.45) is 10.9 Å². The lowest BCUT2D eigenvalue weighted by atomic mass is 10.2. The van der Waals surface area contributed by atoms with Crippen LogP contribution in [0.4, 0.5) is 5.69 Å². The largest absolute Gasteiger partial charge is 0.389 e. The third-order valence-corrected chi connectivity index (χ3v) is 3.58. The molecule has 0 aromatic heterocycles. The molecule has 0 unspecified atom stereocenters. The van der Waals surface area contributed by atoms with Crippen LogP contribution in [0.5, 0.6) is 0 Å². The maximum Gasteiger partial charge on any atom is 0.209 e. The van der Waals surface area contributed by atoms with Gasteiger partial charge in [0.05, 0.1) is 16.5 Å². The molecular formula is C10H14ClN3O2S2. The zero-order valence-corrected chi connectivity index (χ0v) is 11.9. The Morgan fingerprint density at radius 2 is 2.11 bits per heavy atom. The summed E-state index contributed by atoms with van der Waals surface area (Å²) >= 11 is 10.9. The lowest BCUT2D eigenvalue weighted by Gasteiger charge is -2.09. The number of nitrogens with two attached hydrogens (primary N) is 2. The van der Waals surface area contributed by atoms with E-state index in [2.05, 4.69) is 5.32 Å². The van der Waals surface area contributed by atoms with Crippen LogP contribution in [0, 0.1) is 0 Å². The van der Waals surface area contributed by atoms with Crippen molar-refractivity contribution in [1.29, 1.82) is 0 Å². The minimum Gasteiger partial charge on any atom is -0.389 e. The van der Waals surface area contributed by atoms with Crippen LogP contribution in [-0.4, -0.2) is 25.7 Å². The number of nitrogens with one attached hydrogen (secondary N) is 1. The van der Waals surface area contributed by atoms with E-state index in [9.17, 15) is 8.42 Å². The molecular weight excluding hydrogens is 294 g/mol. The smallest absolute Gasteiger partial charge is 0.209 e. The molecule has 100 valence electrons. The van der Waals surface area contributed by atoms with Gasteiger partial charge < -0.3 is 11.1 Å². The molecule has 0 heterocycles. The topological polar surface area (TPSA) is 98.2 Å². The van der Waals surface area contributed by atoms with Crippen LogP contribution in [0.2, 0.25) is 5.02 Å². The third kappa shape index (κ3) is 5.18. The zero-order chi connectivity index (χ0) is 13.8. The maximum absolute atomic E-state index is 10.7. The van der Waals surface area contributed by atoms with Gasteiger partial charge >= 0.3 is 0 Å². The molecule has 0 saturated heterocycles. The van der Waals surface area contributed by atoms with Crippen molar-refractivity contribution in [2.45, 2.75) is 6.42 Å². The van der Waals surface area contributed by atoms with Gasteiger partial charge in [-0.1, -0.05) is 23.8 Å². The first-order valence-electron chi connectivity index (χ1n) is 5.13. The SMILES string of the molecule is NC(=S)c1ccc(NCCCS(N)(=O)=O)c(Cl)c1. The summed E-state index contributed by atoms with van der Waals surface area (Å²) in [6, 6.07) is 5.15. The van der Waals surface area contributed by atoms with E-state index in [-0.39, 0.29) is 10.7 Å².